The smallest absolute Gasteiger partial charge is 0.244 e. The molecule has 0 bridgehead atoms. The van der Waals surface area contributed by atoms with Crippen LogP contribution in [0.5, 0.6) is 11.8 Å². The monoisotopic (exact) mass is 826 g/mol. The van der Waals surface area contributed by atoms with Crippen LogP contribution < -0.4 is 49.1 Å². The molecular weight excluding hydrogens is 765 g/mol. The van der Waals surface area contributed by atoms with Crippen molar-refractivity contribution in [3.05, 3.63) is 6.07 Å². The number of amides is 8. The van der Waals surface area contributed by atoms with Crippen LogP contribution in [0.2, 0.25) is 0 Å². The molecule has 0 radical (unpaired) electrons. The molecule has 57 heavy (non-hydrogen) atoms. The maximum atomic E-state index is 13.0. The summed E-state index contributed by atoms with van der Waals surface area (Å²) in [5.41, 5.74) is 16.5. The summed E-state index contributed by atoms with van der Waals surface area (Å²) >= 11 is 0.960. The van der Waals surface area contributed by atoms with Crippen molar-refractivity contribution in [2.24, 2.45) is 17.2 Å². The van der Waals surface area contributed by atoms with E-state index >= 15 is 0 Å². The molecule has 0 aromatic carbocycles. The zero-order valence-electron chi connectivity index (χ0n) is 33.2. The van der Waals surface area contributed by atoms with E-state index in [-0.39, 0.29) is 73.0 Å². The summed E-state index contributed by atoms with van der Waals surface area (Å²) in [5.74, 6) is -4.78. The number of aromatic hydroxyl groups is 2. The van der Waals surface area contributed by atoms with Gasteiger partial charge in [-0.1, -0.05) is 13.8 Å². The molecule has 21 heteroatoms. The molecule has 20 nitrogen and oxygen atoms in total. The van der Waals surface area contributed by atoms with Gasteiger partial charge in [0.25, 0.3) is 0 Å². The van der Waals surface area contributed by atoms with Crippen LogP contribution >= 0.6 is 11.8 Å². The second-order valence-electron chi connectivity index (χ2n) is 13.4. The number of nitrogens with one attached hydrogen (secondary N) is 6. The number of thioether (sulfide) groups is 1. The minimum absolute atomic E-state index is 0.0747. The highest BCUT2D eigenvalue weighted by Gasteiger charge is 2.27. The molecule has 0 aliphatic carbocycles. The summed E-state index contributed by atoms with van der Waals surface area (Å²) in [6.45, 7) is 5.58. The van der Waals surface area contributed by atoms with Crippen molar-refractivity contribution in [1.82, 2.24) is 36.5 Å². The van der Waals surface area contributed by atoms with Crippen molar-refractivity contribution in [2.75, 3.05) is 25.4 Å². The Kier molecular flexibility index (Phi) is 24.1. The maximum absolute atomic E-state index is 13.0. The third-order valence-corrected chi connectivity index (χ3v) is 9.83. The van der Waals surface area contributed by atoms with Gasteiger partial charge in [-0.25, -0.2) is 0 Å². The Morgan fingerprint density at radius 2 is 1.19 bits per heavy atom. The van der Waals surface area contributed by atoms with Gasteiger partial charge in [-0.15, -0.1) is 11.8 Å². The first kappa shape index (κ1) is 50.0. The van der Waals surface area contributed by atoms with E-state index in [1.165, 1.54) is 13.0 Å². The molecule has 4 unspecified atom stereocenters. The van der Waals surface area contributed by atoms with Crippen molar-refractivity contribution in [1.29, 1.82) is 0 Å². The Hall–Kier alpha value is -5.05. The molecule has 1 heterocycles. The first-order valence-corrected chi connectivity index (χ1v) is 20.3. The highest BCUT2D eigenvalue weighted by molar-refractivity contribution is 7.99. The molecule has 0 aliphatic rings. The minimum atomic E-state index is -1.11. The van der Waals surface area contributed by atoms with E-state index < -0.39 is 59.6 Å². The number of primary amides is 2. The molecule has 1 aromatic heterocycles. The van der Waals surface area contributed by atoms with Crippen LogP contribution in [0.4, 0.5) is 0 Å². The van der Waals surface area contributed by atoms with Gasteiger partial charge in [0.15, 0.2) is 5.88 Å². The summed E-state index contributed by atoms with van der Waals surface area (Å²) in [6.07, 6.45) is 4.31. The van der Waals surface area contributed by atoms with Crippen molar-refractivity contribution >= 4 is 59.0 Å². The second kappa shape index (κ2) is 27.5. The molecule has 8 amide bonds. The molecule has 14 N–H and O–H groups in total. The molecule has 322 valence electrons. The van der Waals surface area contributed by atoms with Gasteiger partial charge in [0, 0.05) is 57.6 Å². The SMILES string of the molecule is CCC(=O)NCCCCC(NC(=O)CC)C(=O)NC(CCCCNC(=O)CCn1c(O)cc(SCC(NC(C)=O)C(=O)NC(CCCCN)C(N)=O)c1O)C(N)=O. The lowest BCUT2D eigenvalue weighted by atomic mass is 10.1. The number of unbranched alkanes of at least 4 members (excludes halogenated alkanes) is 3. The highest BCUT2D eigenvalue weighted by Crippen LogP contribution is 2.36. The average Bonchev–Trinajstić information content (AvgIpc) is 3.43. The largest absolute Gasteiger partial charge is 0.494 e. The van der Waals surface area contributed by atoms with Crippen LogP contribution in [0.15, 0.2) is 11.0 Å². The van der Waals surface area contributed by atoms with Gasteiger partial charge in [-0.2, -0.15) is 0 Å². The van der Waals surface area contributed by atoms with E-state index in [0.29, 0.717) is 64.5 Å². The van der Waals surface area contributed by atoms with E-state index in [2.05, 4.69) is 31.9 Å². The Morgan fingerprint density at radius 3 is 1.70 bits per heavy atom. The van der Waals surface area contributed by atoms with Gasteiger partial charge in [-0.3, -0.25) is 42.9 Å². The topological polar surface area (TPSA) is 332 Å². The lowest BCUT2D eigenvalue weighted by Gasteiger charge is -2.22. The number of rotatable bonds is 30. The van der Waals surface area contributed by atoms with Gasteiger partial charge in [-0.05, 0) is 64.3 Å². The van der Waals surface area contributed by atoms with Crippen LogP contribution in [0.3, 0.4) is 0 Å². The fraction of sp³-hybridized carbons (Fsp3) is 0.667. The normalized spacial score (nSPS) is 13.0. The van der Waals surface area contributed by atoms with Crippen LogP contribution in [-0.2, 0) is 44.9 Å². The van der Waals surface area contributed by atoms with E-state index in [9.17, 15) is 48.6 Å². The van der Waals surface area contributed by atoms with Crippen LogP contribution in [0, 0.1) is 0 Å². The first-order valence-electron chi connectivity index (χ1n) is 19.3. The highest BCUT2D eigenvalue weighted by atomic mass is 32.2. The van der Waals surface area contributed by atoms with Crippen molar-refractivity contribution in [3.63, 3.8) is 0 Å². The zero-order chi connectivity index (χ0) is 42.9. The Balaban J connectivity index is 2.65. The Labute approximate surface area is 337 Å². The number of carbonyl (C=O) groups excluding carboxylic acids is 8. The Morgan fingerprint density at radius 1 is 0.684 bits per heavy atom. The molecule has 1 aromatic rings. The summed E-state index contributed by atoms with van der Waals surface area (Å²) in [4.78, 5) is 98.0. The molecule has 4 atom stereocenters. The fourth-order valence-electron chi connectivity index (χ4n) is 5.43. The van der Waals surface area contributed by atoms with Crippen LogP contribution in [-0.4, -0.2) is 112 Å². The third-order valence-electron chi connectivity index (χ3n) is 8.72. The number of aromatic nitrogens is 1. The van der Waals surface area contributed by atoms with E-state index in [1.807, 2.05) is 0 Å². The number of carbonyl (C=O) groups is 8. The van der Waals surface area contributed by atoms with Gasteiger partial charge in [0.05, 0.1) is 4.90 Å². The summed E-state index contributed by atoms with van der Waals surface area (Å²) < 4.78 is 1.11. The lowest BCUT2D eigenvalue weighted by Crippen LogP contribution is -2.53. The van der Waals surface area contributed by atoms with E-state index in [1.54, 1.807) is 13.8 Å². The predicted octanol–water partition coefficient (Wildman–Crippen LogP) is -1.17. The molecule has 1 rings (SSSR count). The first-order chi connectivity index (χ1) is 27.0. The fourth-order valence-corrected chi connectivity index (χ4v) is 6.44. The molecule has 0 saturated heterocycles. The van der Waals surface area contributed by atoms with E-state index in [4.69, 9.17) is 17.2 Å². The lowest BCUT2D eigenvalue weighted by molar-refractivity contribution is -0.131. The molecule has 0 fully saturated rings. The summed E-state index contributed by atoms with van der Waals surface area (Å²) in [7, 11) is 0. The number of nitrogens with two attached hydrogens (primary N) is 3. The van der Waals surface area contributed by atoms with Crippen LogP contribution in [0.25, 0.3) is 0 Å². The van der Waals surface area contributed by atoms with Gasteiger partial charge >= 0.3 is 0 Å². The molecule has 0 spiro atoms. The second-order valence-corrected chi connectivity index (χ2v) is 14.4. The van der Waals surface area contributed by atoms with Gasteiger partial charge in [0.1, 0.15) is 24.2 Å². The van der Waals surface area contributed by atoms with Crippen molar-refractivity contribution in [3.8, 4) is 11.8 Å². The van der Waals surface area contributed by atoms with Gasteiger partial charge in [0.2, 0.25) is 53.1 Å². The predicted molar refractivity (Wildman–Crippen MR) is 212 cm³/mol. The maximum Gasteiger partial charge on any atom is 0.244 e. The standard InChI is InChI=1S/C36H62N10O10S/c1-4-28(48)40-17-11-8-14-25(43-29(49)5-2)34(54)44-24(33(39)53)13-7-10-18-41-30(50)15-19-46-31(51)20-27(36(46)56)57-21-26(42-22(3)47)35(55)45-23(32(38)52)12-6-9-16-37/h20,23-26,51,56H,4-19,21,37H2,1-3H3,(H2,38,52)(H2,39,53)(H,40,48)(H,41,50)(H,42,47)(H,43,49)(H,44,54)(H,45,55). The molecule has 0 saturated carbocycles. The summed E-state index contributed by atoms with van der Waals surface area (Å²) in [6, 6.07) is -2.72. The van der Waals surface area contributed by atoms with Crippen molar-refractivity contribution < 1.29 is 48.6 Å². The molecule has 0 aliphatic heterocycles. The average molecular weight is 827 g/mol. The van der Waals surface area contributed by atoms with Gasteiger partial charge < -0.3 is 59.3 Å². The number of nitrogens with zero attached hydrogens (tertiary/aromatic N) is 1. The number of hydrogen-bond acceptors (Lipinski definition) is 12. The Bertz CT molecular complexity index is 1510. The van der Waals surface area contributed by atoms with E-state index in [0.717, 1.165) is 16.3 Å². The third kappa shape index (κ3) is 20.1. The zero-order valence-corrected chi connectivity index (χ0v) is 34.0. The summed E-state index contributed by atoms with van der Waals surface area (Å²) in [5, 5.41) is 37.0. The van der Waals surface area contributed by atoms with Crippen LogP contribution in [0.1, 0.15) is 97.8 Å². The number of hydrogen-bond donors (Lipinski definition) is 11. The molecular formula is C36H62N10O10S. The van der Waals surface area contributed by atoms with Crippen molar-refractivity contribution in [2.45, 2.75) is 133 Å². The quantitative estimate of drug-likeness (QED) is 0.0323. The minimum Gasteiger partial charge on any atom is -0.494 e.